The minimum Gasteiger partial charge on any atom is -0.234 e. The minimum absolute atomic E-state index is 1.21. The topological polar surface area (TPSA) is 8.81 Å². The zero-order chi connectivity index (χ0) is 17.5. The van der Waals surface area contributed by atoms with Gasteiger partial charge in [0.2, 0.25) is 0 Å². The third-order valence-corrected chi connectivity index (χ3v) is 5.10. The molecule has 0 aliphatic carbocycles. The fourth-order valence-electron chi connectivity index (χ4n) is 3.50. The van der Waals surface area contributed by atoms with Gasteiger partial charge in [-0.15, -0.1) is 0 Å². The Morgan fingerprint density at radius 1 is 0.708 bits per heavy atom. The van der Waals surface area contributed by atoms with Gasteiger partial charge in [0.05, 0.1) is 13.1 Å². The number of hydrogen-bond acceptors (Lipinski definition) is 0. The van der Waals surface area contributed by atoms with E-state index in [0.717, 1.165) is 0 Å². The van der Waals surface area contributed by atoms with Crippen molar-refractivity contribution in [3.05, 3.63) is 18.2 Å². The average molecular weight is 336 g/mol. The van der Waals surface area contributed by atoms with E-state index in [2.05, 4.69) is 42.3 Å². The van der Waals surface area contributed by atoms with Crippen molar-refractivity contribution in [2.24, 2.45) is 0 Å². The van der Waals surface area contributed by atoms with E-state index in [4.69, 9.17) is 0 Å². The molecule has 0 N–H and O–H groups in total. The first-order valence-electron chi connectivity index (χ1n) is 10.9. The highest BCUT2D eigenvalue weighted by atomic mass is 15.1. The van der Waals surface area contributed by atoms with Crippen LogP contribution in [0.2, 0.25) is 0 Å². The molecule has 0 spiro atoms. The van der Waals surface area contributed by atoms with Crippen LogP contribution in [0.25, 0.3) is 0 Å². The summed E-state index contributed by atoms with van der Waals surface area (Å²) < 4.78 is 5.08. The highest BCUT2D eigenvalue weighted by Gasteiger charge is 2.16. The van der Waals surface area contributed by atoms with Crippen LogP contribution >= 0.6 is 0 Å². The van der Waals surface area contributed by atoms with E-state index in [9.17, 15) is 0 Å². The van der Waals surface area contributed by atoms with Gasteiger partial charge in [0.25, 0.3) is 5.82 Å². The lowest BCUT2D eigenvalue weighted by Gasteiger charge is -2.06. The van der Waals surface area contributed by atoms with Crippen molar-refractivity contribution >= 4 is 0 Å². The predicted octanol–water partition coefficient (Wildman–Crippen LogP) is 6.45. The molecular weight excluding hydrogens is 292 g/mol. The molecule has 0 atom stereocenters. The van der Waals surface area contributed by atoms with Crippen molar-refractivity contribution in [1.82, 2.24) is 4.57 Å². The van der Waals surface area contributed by atoms with Gasteiger partial charge in [0.15, 0.2) is 0 Å². The lowest BCUT2D eigenvalue weighted by atomic mass is 10.1. The number of hydrogen-bond donors (Lipinski definition) is 0. The maximum atomic E-state index is 2.55. The summed E-state index contributed by atoms with van der Waals surface area (Å²) in [7, 11) is 0. The standard InChI is InChI=1S/C22H43N2/c1-4-7-10-11-12-13-16-19-24-21-20-23(18-15-9-6-3)22(24)17-14-8-5-2/h20-21H,4-19H2,1-3H3/q+1. The molecule has 0 unspecified atom stereocenters. The number of rotatable bonds is 16. The Labute approximate surface area is 151 Å². The Kier molecular flexibility index (Phi) is 12.9. The lowest BCUT2D eigenvalue weighted by Crippen LogP contribution is -2.37. The Morgan fingerprint density at radius 3 is 2.00 bits per heavy atom. The molecule has 2 heteroatoms. The van der Waals surface area contributed by atoms with Crippen molar-refractivity contribution in [2.45, 2.75) is 124 Å². The molecule has 0 fully saturated rings. The van der Waals surface area contributed by atoms with Crippen LogP contribution in [0.5, 0.6) is 0 Å². The Hall–Kier alpha value is -0.790. The molecule has 0 aliphatic heterocycles. The summed E-state index contributed by atoms with van der Waals surface area (Å²) in [5.41, 5.74) is 0. The maximum Gasteiger partial charge on any atom is 0.256 e. The molecular formula is C22H43N2+. The zero-order valence-corrected chi connectivity index (χ0v) is 16.9. The molecule has 0 aromatic carbocycles. The second-order valence-corrected chi connectivity index (χ2v) is 7.39. The van der Waals surface area contributed by atoms with Gasteiger partial charge in [0.1, 0.15) is 12.4 Å². The van der Waals surface area contributed by atoms with Crippen LogP contribution in [0.4, 0.5) is 0 Å². The van der Waals surface area contributed by atoms with Crippen LogP contribution in [0.3, 0.4) is 0 Å². The van der Waals surface area contributed by atoms with Gasteiger partial charge < -0.3 is 0 Å². The first-order valence-corrected chi connectivity index (χ1v) is 10.9. The SMILES string of the molecule is CCCCCCCCCn1cc[n+](CCCCC)c1CCCCC. The third-order valence-electron chi connectivity index (χ3n) is 5.10. The minimum atomic E-state index is 1.21. The summed E-state index contributed by atoms with van der Waals surface area (Å²) in [5.74, 6) is 1.57. The zero-order valence-electron chi connectivity index (χ0n) is 16.9. The number of unbranched alkanes of at least 4 members (excludes halogenated alkanes) is 10. The normalized spacial score (nSPS) is 11.3. The summed E-state index contributed by atoms with van der Waals surface area (Å²) in [6.45, 7) is 9.31. The number of nitrogens with zero attached hydrogens (tertiary/aromatic N) is 2. The summed E-state index contributed by atoms with van der Waals surface area (Å²) in [6.07, 6.45) is 23.7. The monoisotopic (exact) mass is 335 g/mol. The smallest absolute Gasteiger partial charge is 0.234 e. The summed E-state index contributed by atoms with van der Waals surface area (Å²) in [4.78, 5) is 0. The third kappa shape index (κ3) is 8.89. The summed E-state index contributed by atoms with van der Waals surface area (Å²) in [5, 5.41) is 0. The van der Waals surface area contributed by atoms with Gasteiger partial charge in [-0.1, -0.05) is 72.1 Å². The summed E-state index contributed by atoms with van der Waals surface area (Å²) in [6, 6.07) is 0. The first-order chi connectivity index (χ1) is 11.8. The lowest BCUT2D eigenvalue weighted by molar-refractivity contribution is -0.704. The van der Waals surface area contributed by atoms with Crippen LogP contribution in [-0.4, -0.2) is 4.57 Å². The Bertz CT molecular complexity index is 395. The number of aryl methyl sites for hydroxylation is 2. The Morgan fingerprint density at radius 2 is 1.29 bits per heavy atom. The molecule has 1 rings (SSSR count). The number of imidazole rings is 1. The van der Waals surface area contributed by atoms with Crippen LogP contribution in [0, 0.1) is 0 Å². The molecule has 0 bridgehead atoms. The van der Waals surface area contributed by atoms with Crippen LogP contribution in [-0.2, 0) is 19.5 Å². The van der Waals surface area contributed by atoms with E-state index in [1.165, 1.54) is 103 Å². The van der Waals surface area contributed by atoms with Crippen LogP contribution < -0.4 is 4.57 Å². The molecule has 0 saturated carbocycles. The van der Waals surface area contributed by atoms with Crippen molar-refractivity contribution in [3.8, 4) is 0 Å². The van der Waals surface area contributed by atoms with Crippen LogP contribution in [0.1, 0.15) is 110 Å². The molecule has 2 nitrogen and oxygen atoms in total. The van der Waals surface area contributed by atoms with E-state index < -0.39 is 0 Å². The van der Waals surface area contributed by atoms with E-state index in [-0.39, 0.29) is 0 Å². The maximum absolute atomic E-state index is 2.55. The van der Waals surface area contributed by atoms with E-state index in [0.29, 0.717) is 0 Å². The number of aromatic nitrogens is 2. The van der Waals surface area contributed by atoms with Gasteiger partial charge >= 0.3 is 0 Å². The molecule has 140 valence electrons. The molecule has 0 aliphatic rings. The average Bonchev–Trinajstić information content (AvgIpc) is 2.97. The van der Waals surface area contributed by atoms with E-state index >= 15 is 0 Å². The highest BCUT2D eigenvalue weighted by Crippen LogP contribution is 2.10. The van der Waals surface area contributed by atoms with Gasteiger partial charge in [-0.3, -0.25) is 0 Å². The van der Waals surface area contributed by atoms with Gasteiger partial charge in [-0.05, 0) is 32.1 Å². The predicted molar refractivity (Wildman–Crippen MR) is 105 cm³/mol. The van der Waals surface area contributed by atoms with Gasteiger partial charge in [-0.2, -0.15) is 0 Å². The fourth-order valence-corrected chi connectivity index (χ4v) is 3.50. The quantitative estimate of drug-likeness (QED) is 0.242. The van der Waals surface area contributed by atoms with E-state index in [1.54, 1.807) is 5.82 Å². The molecule has 0 radical (unpaired) electrons. The molecule has 24 heavy (non-hydrogen) atoms. The first kappa shape index (κ1) is 21.3. The van der Waals surface area contributed by atoms with Crippen molar-refractivity contribution in [3.63, 3.8) is 0 Å². The van der Waals surface area contributed by atoms with E-state index in [1.807, 2.05) is 0 Å². The molecule has 1 heterocycles. The van der Waals surface area contributed by atoms with Gasteiger partial charge in [0, 0.05) is 6.42 Å². The largest absolute Gasteiger partial charge is 0.256 e. The molecule has 0 saturated heterocycles. The molecule has 0 amide bonds. The van der Waals surface area contributed by atoms with Crippen LogP contribution in [0.15, 0.2) is 12.4 Å². The molecule has 1 aromatic rings. The highest BCUT2D eigenvalue weighted by molar-refractivity contribution is 4.84. The second kappa shape index (κ2) is 14.5. The molecule has 1 aromatic heterocycles. The second-order valence-electron chi connectivity index (χ2n) is 7.39. The fraction of sp³-hybridized carbons (Fsp3) is 0.864. The van der Waals surface area contributed by atoms with Crippen molar-refractivity contribution in [2.75, 3.05) is 0 Å². The summed E-state index contributed by atoms with van der Waals surface area (Å²) >= 11 is 0. The van der Waals surface area contributed by atoms with Crippen molar-refractivity contribution < 1.29 is 4.57 Å². The van der Waals surface area contributed by atoms with Gasteiger partial charge in [-0.25, -0.2) is 9.13 Å². The van der Waals surface area contributed by atoms with Crippen molar-refractivity contribution in [1.29, 1.82) is 0 Å². The Balaban J connectivity index is 2.42.